The first kappa shape index (κ1) is 15.4. The molecule has 1 aliphatic rings. The Morgan fingerprint density at radius 3 is 2.89 bits per heavy atom. The van der Waals surface area contributed by atoms with Gasteiger partial charge in [0.25, 0.3) is 10.0 Å². The van der Waals surface area contributed by atoms with E-state index in [1.54, 1.807) is 10.4 Å². The third-order valence-electron chi connectivity index (χ3n) is 3.40. The second-order valence-corrected chi connectivity index (χ2v) is 9.49. The summed E-state index contributed by atoms with van der Waals surface area (Å²) in [6.07, 6.45) is 2.04. The van der Waals surface area contributed by atoms with E-state index < -0.39 is 10.0 Å². The van der Waals surface area contributed by atoms with Gasteiger partial charge in [-0.25, -0.2) is 8.42 Å². The highest BCUT2D eigenvalue weighted by molar-refractivity contribution is 9.11. The summed E-state index contributed by atoms with van der Waals surface area (Å²) in [5.74, 6) is 0.415. The van der Waals surface area contributed by atoms with Gasteiger partial charge in [-0.3, -0.25) is 0 Å². The van der Waals surface area contributed by atoms with Crippen LogP contribution >= 0.6 is 27.3 Å². The lowest BCUT2D eigenvalue weighted by molar-refractivity contribution is 0.264. The van der Waals surface area contributed by atoms with Gasteiger partial charge in [-0.1, -0.05) is 0 Å². The zero-order chi connectivity index (χ0) is 14.0. The van der Waals surface area contributed by atoms with Crippen molar-refractivity contribution >= 4 is 37.3 Å². The molecular weight excluding hydrogens is 348 g/mol. The van der Waals surface area contributed by atoms with Crippen molar-refractivity contribution in [2.45, 2.75) is 24.0 Å². The topological polar surface area (TPSA) is 49.4 Å². The fraction of sp³-hybridized carbons (Fsp3) is 0.667. The van der Waals surface area contributed by atoms with E-state index in [9.17, 15) is 8.42 Å². The molecule has 1 aromatic heterocycles. The molecule has 4 nitrogen and oxygen atoms in total. The predicted molar refractivity (Wildman–Crippen MR) is 82.2 cm³/mol. The molecule has 0 saturated carbocycles. The number of sulfonamides is 1. The van der Waals surface area contributed by atoms with Crippen molar-refractivity contribution < 1.29 is 8.42 Å². The summed E-state index contributed by atoms with van der Waals surface area (Å²) in [5.41, 5.74) is 0.979. The van der Waals surface area contributed by atoms with Gasteiger partial charge >= 0.3 is 0 Å². The van der Waals surface area contributed by atoms with Crippen molar-refractivity contribution in [2.75, 3.05) is 26.7 Å². The Bertz CT molecular complexity index is 520. The summed E-state index contributed by atoms with van der Waals surface area (Å²) in [7, 11) is -1.41. The Morgan fingerprint density at radius 2 is 2.32 bits per heavy atom. The Labute approximate surface area is 127 Å². The lowest BCUT2D eigenvalue weighted by Gasteiger charge is -2.31. The molecule has 2 heterocycles. The number of nitrogens with zero attached hydrogens (tertiary/aromatic N) is 1. The minimum atomic E-state index is -3.32. The van der Waals surface area contributed by atoms with E-state index in [4.69, 9.17) is 0 Å². The molecule has 0 aromatic carbocycles. The van der Waals surface area contributed by atoms with Crippen molar-refractivity contribution in [3.63, 3.8) is 0 Å². The van der Waals surface area contributed by atoms with Crippen LogP contribution in [0.1, 0.15) is 18.4 Å². The molecule has 1 N–H and O–H groups in total. The summed E-state index contributed by atoms with van der Waals surface area (Å²) in [6.45, 7) is 4.05. The largest absolute Gasteiger partial charge is 0.319 e. The monoisotopic (exact) mass is 366 g/mol. The first-order chi connectivity index (χ1) is 8.95. The van der Waals surface area contributed by atoms with Gasteiger partial charge in [-0.2, -0.15) is 4.31 Å². The Morgan fingerprint density at radius 1 is 1.58 bits per heavy atom. The first-order valence-corrected chi connectivity index (χ1v) is 9.40. The average Bonchev–Trinajstić information content (AvgIpc) is 2.71. The van der Waals surface area contributed by atoms with Crippen molar-refractivity contribution in [3.05, 3.63) is 15.4 Å². The second kappa shape index (κ2) is 6.22. The van der Waals surface area contributed by atoms with Crippen LogP contribution in [0.25, 0.3) is 0 Å². The van der Waals surface area contributed by atoms with Crippen molar-refractivity contribution in [3.8, 4) is 0 Å². The van der Waals surface area contributed by atoms with E-state index in [-0.39, 0.29) is 0 Å². The van der Waals surface area contributed by atoms with Crippen LogP contribution < -0.4 is 5.32 Å². The van der Waals surface area contributed by atoms with E-state index in [1.165, 1.54) is 11.3 Å². The lowest BCUT2D eigenvalue weighted by Crippen LogP contribution is -2.42. The van der Waals surface area contributed by atoms with Gasteiger partial charge in [0.1, 0.15) is 4.21 Å². The number of hydrogen-bond donors (Lipinski definition) is 1. The number of halogens is 1. The Balaban J connectivity index is 2.19. The van der Waals surface area contributed by atoms with Gasteiger partial charge in [-0.05, 0) is 66.8 Å². The summed E-state index contributed by atoms with van der Waals surface area (Å²) in [4.78, 5) is 0. The number of aryl methyl sites for hydroxylation is 1. The molecule has 0 amide bonds. The molecule has 2 rings (SSSR count). The number of nitrogens with one attached hydrogen (secondary N) is 1. The normalized spacial score (nSPS) is 21.7. The standard InChI is InChI=1S/C12H19BrN2O2S2/c1-9-6-11(18-12(9)13)19(16,17)15-5-3-4-10(8-15)7-14-2/h6,10,14H,3-5,7-8H2,1-2H3/t10-/m1/s1. The molecule has 7 heteroatoms. The number of hydrogen-bond acceptors (Lipinski definition) is 4. The van der Waals surface area contributed by atoms with Crippen LogP contribution in [0.3, 0.4) is 0 Å². The molecule has 1 aromatic rings. The Kier molecular flexibility index (Phi) is 5.05. The fourth-order valence-electron chi connectivity index (χ4n) is 2.39. The van der Waals surface area contributed by atoms with Gasteiger partial charge in [0, 0.05) is 13.1 Å². The van der Waals surface area contributed by atoms with Crippen molar-refractivity contribution in [2.24, 2.45) is 5.92 Å². The molecule has 1 fully saturated rings. The van der Waals surface area contributed by atoms with Gasteiger partial charge < -0.3 is 5.32 Å². The van der Waals surface area contributed by atoms with Crippen molar-refractivity contribution in [1.29, 1.82) is 0 Å². The molecule has 1 saturated heterocycles. The van der Waals surface area contributed by atoms with Crippen LogP contribution in [0.5, 0.6) is 0 Å². The molecule has 0 unspecified atom stereocenters. The minimum Gasteiger partial charge on any atom is -0.319 e. The van der Waals surface area contributed by atoms with Gasteiger partial charge in [0.2, 0.25) is 0 Å². The van der Waals surface area contributed by atoms with Crippen LogP contribution in [-0.2, 0) is 10.0 Å². The fourth-order valence-corrected chi connectivity index (χ4v) is 6.32. The highest BCUT2D eigenvalue weighted by atomic mass is 79.9. The zero-order valence-corrected chi connectivity index (χ0v) is 14.4. The van der Waals surface area contributed by atoms with Crippen LogP contribution in [0.15, 0.2) is 14.1 Å². The van der Waals surface area contributed by atoms with Crippen LogP contribution in [0.4, 0.5) is 0 Å². The summed E-state index contributed by atoms with van der Waals surface area (Å²) < 4.78 is 28.2. The third kappa shape index (κ3) is 3.39. The Hall–Kier alpha value is 0.0500. The number of piperidine rings is 1. The molecule has 0 bridgehead atoms. The zero-order valence-electron chi connectivity index (χ0n) is 11.1. The van der Waals surface area contributed by atoms with Gasteiger partial charge in [0.15, 0.2) is 0 Å². The number of thiophene rings is 1. The van der Waals surface area contributed by atoms with Crippen LogP contribution in [0, 0.1) is 12.8 Å². The highest BCUT2D eigenvalue weighted by Crippen LogP contribution is 2.33. The van der Waals surface area contributed by atoms with Gasteiger partial charge in [0.05, 0.1) is 3.79 Å². The summed E-state index contributed by atoms with van der Waals surface area (Å²) in [5, 5.41) is 3.14. The van der Waals surface area contributed by atoms with E-state index in [0.717, 1.165) is 28.7 Å². The molecule has 0 spiro atoms. The molecule has 108 valence electrons. The molecule has 0 aliphatic carbocycles. The van der Waals surface area contributed by atoms with E-state index in [1.807, 2.05) is 14.0 Å². The van der Waals surface area contributed by atoms with Crippen LogP contribution in [-0.4, -0.2) is 39.4 Å². The lowest BCUT2D eigenvalue weighted by atomic mass is 10.00. The first-order valence-electron chi connectivity index (χ1n) is 6.36. The smallest absolute Gasteiger partial charge is 0.252 e. The van der Waals surface area contributed by atoms with E-state index in [2.05, 4.69) is 21.2 Å². The quantitative estimate of drug-likeness (QED) is 0.889. The maximum absolute atomic E-state index is 12.6. The second-order valence-electron chi connectivity index (χ2n) is 4.95. The maximum atomic E-state index is 12.6. The summed E-state index contributed by atoms with van der Waals surface area (Å²) >= 11 is 4.70. The molecule has 0 radical (unpaired) electrons. The van der Waals surface area contributed by atoms with Crippen molar-refractivity contribution in [1.82, 2.24) is 9.62 Å². The molecule has 1 atom stereocenters. The minimum absolute atomic E-state index is 0.415. The molecular formula is C12H19BrN2O2S2. The van der Waals surface area contributed by atoms with E-state index >= 15 is 0 Å². The summed E-state index contributed by atoms with van der Waals surface area (Å²) in [6, 6.07) is 1.76. The predicted octanol–water partition coefficient (Wildman–Crippen LogP) is 2.44. The third-order valence-corrected chi connectivity index (χ3v) is 7.85. The van der Waals surface area contributed by atoms with Crippen LogP contribution in [0.2, 0.25) is 0 Å². The highest BCUT2D eigenvalue weighted by Gasteiger charge is 2.31. The van der Waals surface area contributed by atoms with Gasteiger partial charge in [-0.15, -0.1) is 11.3 Å². The molecule has 19 heavy (non-hydrogen) atoms. The molecule has 1 aliphatic heterocycles. The van der Waals surface area contributed by atoms with E-state index in [0.29, 0.717) is 23.2 Å². The average molecular weight is 367 g/mol. The number of rotatable bonds is 4. The maximum Gasteiger partial charge on any atom is 0.252 e. The SMILES string of the molecule is CNC[C@H]1CCCN(S(=O)(=O)c2cc(C)c(Br)s2)C1.